The second kappa shape index (κ2) is 6.21. The van der Waals surface area contributed by atoms with E-state index in [0.29, 0.717) is 12.5 Å². The zero-order valence-electron chi connectivity index (χ0n) is 10.3. The molecular formula is C12H23NO3. The molecule has 0 aliphatic carbocycles. The lowest BCUT2D eigenvalue weighted by Gasteiger charge is -2.30. The van der Waals surface area contributed by atoms with Crippen LogP contribution < -0.4 is 5.32 Å². The van der Waals surface area contributed by atoms with Crippen LogP contribution >= 0.6 is 0 Å². The standard InChI is InChI=1S/C12H23NO3/c1-12(2,11(15)13-5-6-14)9-10-3-7-16-8-4-10/h10,14H,3-9H2,1-2H3,(H,13,15). The first-order valence-electron chi connectivity index (χ1n) is 6.03. The molecule has 0 radical (unpaired) electrons. The van der Waals surface area contributed by atoms with Gasteiger partial charge in [-0.3, -0.25) is 4.79 Å². The normalized spacial score (nSPS) is 18.4. The van der Waals surface area contributed by atoms with Gasteiger partial charge >= 0.3 is 0 Å². The maximum Gasteiger partial charge on any atom is 0.225 e. The van der Waals surface area contributed by atoms with Gasteiger partial charge in [0, 0.05) is 25.2 Å². The number of hydrogen-bond acceptors (Lipinski definition) is 3. The molecule has 1 saturated heterocycles. The van der Waals surface area contributed by atoms with Crippen LogP contribution in [-0.2, 0) is 9.53 Å². The van der Waals surface area contributed by atoms with Gasteiger partial charge in [-0.25, -0.2) is 0 Å². The van der Waals surface area contributed by atoms with Crippen LogP contribution in [0.5, 0.6) is 0 Å². The maximum absolute atomic E-state index is 11.8. The largest absolute Gasteiger partial charge is 0.395 e. The fourth-order valence-electron chi connectivity index (χ4n) is 2.17. The van der Waals surface area contributed by atoms with Crippen molar-refractivity contribution in [3.63, 3.8) is 0 Å². The molecule has 94 valence electrons. The predicted molar refractivity (Wildman–Crippen MR) is 62.0 cm³/mol. The third-order valence-corrected chi connectivity index (χ3v) is 3.15. The molecule has 2 N–H and O–H groups in total. The minimum atomic E-state index is -0.350. The lowest BCUT2D eigenvalue weighted by molar-refractivity contribution is -0.130. The van der Waals surface area contributed by atoms with Gasteiger partial charge in [0.05, 0.1) is 6.61 Å². The van der Waals surface area contributed by atoms with Gasteiger partial charge in [-0.15, -0.1) is 0 Å². The van der Waals surface area contributed by atoms with Crippen LogP contribution in [0.25, 0.3) is 0 Å². The van der Waals surface area contributed by atoms with Gasteiger partial charge in [-0.1, -0.05) is 13.8 Å². The Kier molecular flexibility index (Phi) is 5.22. The van der Waals surface area contributed by atoms with Gasteiger partial charge in [0.2, 0.25) is 5.91 Å². The molecule has 0 aromatic carbocycles. The smallest absolute Gasteiger partial charge is 0.225 e. The molecule has 0 spiro atoms. The zero-order valence-corrected chi connectivity index (χ0v) is 10.3. The molecule has 1 fully saturated rings. The molecule has 4 nitrogen and oxygen atoms in total. The first kappa shape index (κ1) is 13.5. The Balaban J connectivity index is 2.39. The maximum atomic E-state index is 11.8. The molecule has 0 atom stereocenters. The number of carbonyl (C=O) groups is 1. The third kappa shape index (κ3) is 4.10. The molecule has 0 aromatic heterocycles. The SMILES string of the molecule is CC(C)(CC1CCOCC1)C(=O)NCCO. The summed E-state index contributed by atoms with van der Waals surface area (Å²) in [6.45, 7) is 5.91. The second-order valence-corrected chi connectivity index (χ2v) is 5.12. The number of ether oxygens (including phenoxy) is 1. The van der Waals surface area contributed by atoms with Crippen molar-refractivity contribution in [3.05, 3.63) is 0 Å². The third-order valence-electron chi connectivity index (χ3n) is 3.15. The topological polar surface area (TPSA) is 58.6 Å². The van der Waals surface area contributed by atoms with E-state index in [1.807, 2.05) is 13.8 Å². The molecule has 1 aliphatic heterocycles. The molecule has 1 amide bonds. The summed E-state index contributed by atoms with van der Waals surface area (Å²) in [5.41, 5.74) is -0.350. The second-order valence-electron chi connectivity index (χ2n) is 5.12. The minimum Gasteiger partial charge on any atom is -0.395 e. The number of nitrogens with one attached hydrogen (secondary N) is 1. The highest BCUT2D eigenvalue weighted by Gasteiger charge is 2.31. The van der Waals surface area contributed by atoms with Crippen LogP contribution in [0, 0.1) is 11.3 Å². The Morgan fingerprint density at radius 3 is 2.62 bits per heavy atom. The lowest BCUT2D eigenvalue weighted by atomic mass is 9.79. The Morgan fingerprint density at radius 1 is 1.44 bits per heavy atom. The number of carbonyl (C=O) groups excluding carboxylic acids is 1. The summed E-state index contributed by atoms with van der Waals surface area (Å²) in [6.07, 6.45) is 3.00. The average Bonchev–Trinajstić information content (AvgIpc) is 2.26. The van der Waals surface area contributed by atoms with E-state index in [0.717, 1.165) is 32.5 Å². The van der Waals surface area contributed by atoms with Crippen molar-refractivity contribution in [2.75, 3.05) is 26.4 Å². The minimum absolute atomic E-state index is 0.000904. The van der Waals surface area contributed by atoms with Crippen molar-refractivity contribution in [1.29, 1.82) is 0 Å². The van der Waals surface area contributed by atoms with E-state index in [2.05, 4.69) is 5.32 Å². The van der Waals surface area contributed by atoms with Gasteiger partial charge in [-0.2, -0.15) is 0 Å². The number of hydrogen-bond donors (Lipinski definition) is 2. The van der Waals surface area contributed by atoms with Gasteiger partial charge in [0.15, 0.2) is 0 Å². The summed E-state index contributed by atoms with van der Waals surface area (Å²) in [5, 5.41) is 11.4. The molecule has 0 saturated carbocycles. The van der Waals surface area contributed by atoms with E-state index >= 15 is 0 Å². The molecule has 16 heavy (non-hydrogen) atoms. The number of aliphatic hydroxyl groups is 1. The van der Waals surface area contributed by atoms with E-state index in [4.69, 9.17) is 9.84 Å². The summed E-state index contributed by atoms with van der Waals surface area (Å²) in [7, 11) is 0. The molecule has 1 aliphatic rings. The van der Waals surface area contributed by atoms with Crippen LogP contribution in [0.3, 0.4) is 0 Å². The van der Waals surface area contributed by atoms with E-state index in [9.17, 15) is 4.79 Å². The summed E-state index contributed by atoms with van der Waals surface area (Å²) in [5.74, 6) is 0.622. The van der Waals surface area contributed by atoms with E-state index in [1.165, 1.54) is 0 Å². The molecule has 4 heteroatoms. The Morgan fingerprint density at radius 2 is 2.06 bits per heavy atom. The first-order chi connectivity index (χ1) is 7.56. The number of rotatable bonds is 5. The van der Waals surface area contributed by atoms with Crippen LogP contribution in [0.1, 0.15) is 33.1 Å². The zero-order chi connectivity index (χ0) is 12.0. The van der Waals surface area contributed by atoms with E-state index < -0.39 is 0 Å². The van der Waals surface area contributed by atoms with Crippen molar-refractivity contribution >= 4 is 5.91 Å². The van der Waals surface area contributed by atoms with Crippen LogP contribution in [-0.4, -0.2) is 37.4 Å². The van der Waals surface area contributed by atoms with Crippen LogP contribution in [0.2, 0.25) is 0 Å². The van der Waals surface area contributed by atoms with Gasteiger partial charge in [-0.05, 0) is 25.2 Å². The fourth-order valence-corrected chi connectivity index (χ4v) is 2.17. The quantitative estimate of drug-likeness (QED) is 0.737. The summed E-state index contributed by atoms with van der Waals surface area (Å²) >= 11 is 0. The molecule has 0 bridgehead atoms. The Hall–Kier alpha value is -0.610. The van der Waals surface area contributed by atoms with Gasteiger partial charge in [0.1, 0.15) is 0 Å². The van der Waals surface area contributed by atoms with Crippen LogP contribution in [0.4, 0.5) is 0 Å². The van der Waals surface area contributed by atoms with Crippen molar-refractivity contribution in [2.24, 2.45) is 11.3 Å². The summed E-state index contributed by atoms with van der Waals surface area (Å²) in [4.78, 5) is 11.8. The molecule has 1 heterocycles. The highest BCUT2D eigenvalue weighted by atomic mass is 16.5. The van der Waals surface area contributed by atoms with Crippen molar-refractivity contribution in [1.82, 2.24) is 5.32 Å². The van der Waals surface area contributed by atoms with Gasteiger partial charge < -0.3 is 15.2 Å². The lowest BCUT2D eigenvalue weighted by Crippen LogP contribution is -2.40. The van der Waals surface area contributed by atoms with Crippen molar-refractivity contribution < 1.29 is 14.6 Å². The van der Waals surface area contributed by atoms with Gasteiger partial charge in [0.25, 0.3) is 0 Å². The summed E-state index contributed by atoms with van der Waals surface area (Å²) in [6, 6.07) is 0. The molecule has 0 aromatic rings. The predicted octanol–water partition coefficient (Wildman–Crippen LogP) is 0.938. The monoisotopic (exact) mass is 229 g/mol. The number of amides is 1. The highest BCUT2D eigenvalue weighted by Crippen LogP contribution is 2.31. The molecule has 0 unspecified atom stereocenters. The number of aliphatic hydroxyl groups excluding tert-OH is 1. The Labute approximate surface area is 97.4 Å². The highest BCUT2D eigenvalue weighted by molar-refractivity contribution is 5.81. The van der Waals surface area contributed by atoms with Crippen molar-refractivity contribution in [3.8, 4) is 0 Å². The molecule has 1 rings (SSSR count). The van der Waals surface area contributed by atoms with E-state index in [-0.39, 0.29) is 17.9 Å². The fraction of sp³-hybridized carbons (Fsp3) is 0.917. The van der Waals surface area contributed by atoms with Crippen molar-refractivity contribution in [2.45, 2.75) is 33.1 Å². The Bertz CT molecular complexity index is 222. The average molecular weight is 229 g/mol. The summed E-state index contributed by atoms with van der Waals surface area (Å²) < 4.78 is 5.31. The van der Waals surface area contributed by atoms with Crippen LogP contribution in [0.15, 0.2) is 0 Å². The first-order valence-corrected chi connectivity index (χ1v) is 6.03. The van der Waals surface area contributed by atoms with E-state index in [1.54, 1.807) is 0 Å². The molecular weight excluding hydrogens is 206 g/mol.